The zero-order valence-corrected chi connectivity index (χ0v) is 9.82. The van der Waals surface area contributed by atoms with Crippen LogP contribution >= 0.6 is 0 Å². The van der Waals surface area contributed by atoms with E-state index in [-0.39, 0.29) is 11.5 Å². The van der Waals surface area contributed by atoms with E-state index in [2.05, 4.69) is 17.1 Å². The molecule has 16 heavy (non-hydrogen) atoms. The maximum atomic E-state index is 9.59. The van der Waals surface area contributed by atoms with Crippen molar-refractivity contribution in [1.29, 1.82) is 0 Å². The maximum Gasteiger partial charge on any atom is 0.0541 e. The largest absolute Gasteiger partial charge is 0.393 e. The maximum absolute atomic E-state index is 9.59. The summed E-state index contributed by atoms with van der Waals surface area (Å²) in [6.07, 6.45) is 5.40. The van der Waals surface area contributed by atoms with Crippen LogP contribution in [0.25, 0.3) is 0 Å². The Labute approximate surface area is 96.7 Å². The molecule has 88 valence electrons. The third-order valence-corrected chi connectivity index (χ3v) is 3.81. The lowest BCUT2D eigenvalue weighted by Gasteiger charge is -2.38. The van der Waals surface area contributed by atoms with Crippen LogP contribution in [-0.2, 0) is 5.41 Å². The van der Waals surface area contributed by atoms with Crippen LogP contribution in [0.2, 0.25) is 0 Å². The van der Waals surface area contributed by atoms with Crippen LogP contribution in [0, 0.1) is 6.92 Å². The number of pyridine rings is 1. The number of rotatable bonds is 2. The molecule has 1 aliphatic carbocycles. The van der Waals surface area contributed by atoms with Gasteiger partial charge in [0.05, 0.1) is 6.10 Å². The summed E-state index contributed by atoms with van der Waals surface area (Å²) in [6.45, 7) is 2.66. The Morgan fingerprint density at radius 3 is 2.75 bits per heavy atom. The predicted octanol–water partition coefficient (Wildman–Crippen LogP) is 1.52. The second-order valence-electron chi connectivity index (χ2n) is 4.90. The molecular formula is C13H20N2O. The SMILES string of the molecule is Cc1cc(C2(CN)CCC(O)CC2)ccn1. The molecule has 0 aliphatic heterocycles. The molecule has 3 nitrogen and oxygen atoms in total. The van der Waals surface area contributed by atoms with Crippen molar-refractivity contribution in [2.45, 2.75) is 44.1 Å². The minimum atomic E-state index is -0.136. The predicted molar refractivity (Wildman–Crippen MR) is 64.2 cm³/mol. The van der Waals surface area contributed by atoms with E-state index in [0.717, 1.165) is 31.4 Å². The summed E-state index contributed by atoms with van der Waals surface area (Å²) in [6, 6.07) is 4.20. The van der Waals surface area contributed by atoms with Crippen molar-refractivity contribution in [2.75, 3.05) is 6.54 Å². The lowest BCUT2D eigenvalue weighted by molar-refractivity contribution is 0.0974. The van der Waals surface area contributed by atoms with Crippen molar-refractivity contribution in [2.24, 2.45) is 5.73 Å². The zero-order chi connectivity index (χ0) is 11.6. The molecule has 3 N–H and O–H groups in total. The monoisotopic (exact) mass is 220 g/mol. The van der Waals surface area contributed by atoms with Gasteiger partial charge in [-0.3, -0.25) is 4.98 Å². The minimum Gasteiger partial charge on any atom is -0.393 e. The Balaban J connectivity index is 2.28. The molecule has 0 saturated heterocycles. The molecule has 0 aromatic carbocycles. The molecule has 0 bridgehead atoms. The average molecular weight is 220 g/mol. The molecule has 1 aliphatic rings. The molecule has 0 spiro atoms. The van der Waals surface area contributed by atoms with E-state index in [1.165, 1.54) is 5.56 Å². The third kappa shape index (κ3) is 2.11. The number of nitrogens with zero attached hydrogens (tertiary/aromatic N) is 1. The molecule has 1 heterocycles. The van der Waals surface area contributed by atoms with Gasteiger partial charge in [0.25, 0.3) is 0 Å². The number of hydrogen-bond donors (Lipinski definition) is 2. The number of aromatic nitrogens is 1. The van der Waals surface area contributed by atoms with Gasteiger partial charge < -0.3 is 10.8 Å². The summed E-state index contributed by atoms with van der Waals surface area (Å²) in [7, 11) is 0. The summed E-state index contributed by atoms with van der Waals surface area (Å²) < 4.78 is 0. The fraction of sp³-hybridized carbons (Fsp3) is 0.615. The molecule has 0 amide bonds. The van der Waals surface area contributed by atoms with Crippen molar-refractivity contribution in [3.8, 4) is 0 Å². The van der Waals surface area contributed by atoms with Gasteiger partial charge in [-0.1, -0.05) is 0 Å². The van der Waals surface area contributed by atoms with Crippen LogP contribution in [0.3, 0.4) is 0 Å². The molecule has 0 radical (unpaired) electrons. The zero-order valence-electron chi connectivity index (χ0n) is 9.82. The number of hydrogen-bond acceptors (Lipinski definition) is 3. The van der Waals surface area contributed by atoms with Crippen LogP contribution in [0.15, 0.2) is 18.3 Å². The highest BCUT2D eigenvalue weighted by Gasteiger charge is 2.35. The second kappa shape index (κ2) is 4.52. The van der Waals surface area contributed by atoms with Gasteiger partial charge in [-0.2, -0.15) is 0 Å². The van der Waals surface area contributed by atoms with Gasteiger partial charge in [0.1, 0.15) is 0 Å². The molecule has 3 heteroatoms. The Morgan fingerprint density at radius 2 is 2.19 bits per heavy atom. The van der Waals surface area contributed by atoms with Gasteiger partial charge in [0, 0.05) is 23.9 Å². The minimum absolute atomic E-state index is 0.0624. The first-order valence-corrected chi connectivity index (χ1v) is 5.97. The van der Waals surface area contributed by atoms with Crippen LogP contribution in [0.5, 0.6) is 0 Å². The highest BCUT2D eigenvalue weighted by molar-refractivity contribution is 5.27. The molecule has 1 aromatic rings. The van der Waals surface area contributed by atoms with E-state index >= 15 is 0 Å². The van der Waals surface area contributed by atoms with Crippen LogP contribution < -0.4 is 5.73 Å². The smallest absolute Gasteiger partial charge is 0.0541 e. The van der Waals surface area contributed by atoms with E-state index in [1.54, 1.807) is 0 Å². The summed E-state index contributed by atoms with van der Waals surface area (Å²) in [4.78, 5) is 4.22. The first kappa shape index (κ1) is 11.6. The Kier molecular flexibility index (Phi) is 3.26. The van der Waals surface area contributed by atoms with E-state index in [1.807, 2.05) is 13.1 Å². The molecule has 1 saturated carbocycles. The highest BCUT2D eigenvalue weighted by Crippen LogP contribution is 2.38. The standard InChI is InChI=1S/C13H20N2O/c1-10-8-11(4-7-15-10)13(9-14)5-2-12(16)3-6-13/h4,7-8,12,16H,2-3,5-6,9,14H2,1H3. The second-order valence-corrected chi connectivity index (χ2v) is 4.90. The Hall–Kier alpha value is -0.930. The molecule has 1 fully saturated rings. The first-order valence-electron chi connectivity index (χ1n) is 5.97. The fourth-order valence-electron chi connectivity index (χ4n) is 2.64. The Bertz CT molecular complexity index is 357. The van der Waals surface area contributed by atoms with Gasteiger partial charge in [-0.15, -0.1) is 0 Å². The lowest BCUT2D eigenvalue weighted by Crippen LogP contribution is -2.40. The number of aliphatic hydroxyl groups excluding tert-OH is 1. The van der Waals surface area contributed by atoms with Crippen molar-refractivity contribution in [3.63, 3.8) is 0 Å². The Morgan fingerprint density at radius 1 is 1.50 bits per heavy atom. The van der Waals surface area contributed by atoms with Crippen LogP contribution in [0.4, 0.5) is 0 Å². The fourth-order valence-corrected chi connectivity index (χ4v) is 2.64. The van der Waals surface area contributed by atoms with E-state index in [0.29, 0.717) is 6.54 Å². The average Bonchev–Trinajstić information content (AvgIpc) is 2.31. The topological polar surface area (TPSA) is 59.1 Å². The molecule has 2 rings (SSSR count). The van der Waals surface area contributed by atoms with Gasteiger partial charge in [0.2, 0.25) is 0 Å². The summed E-state index contributed by atoms with van der Waals surface area (Å²) in [5.74, 6) is 0. The van der Waals surface area contributed by atoms with Crippen molar-refractivity contribution >= 4 is 0 Å². The molecule has 1 aromatic heterocycles. The van der Waals surface area contributed by atoms with E-state index in [4.69, 9.17) is 5.73 Å². The summed E-state index contributed by atoms with van der Waals surface area (Å²) in [5.41, 5.74) is 8.35. The van der Waals surface area contributed by atoms with Gasteiger partial charge in [0.15, 0.2) is 0 Å². The van der Waals surface area contributed by atoms with Crippen molar-refractivity contribution in [1.82, 2.24) is 4.98 Å². The van der Waals surface area contributed by atoms with Crippen LogP contribution in [-0.4, -0.2) is 22.7 Å². The van der Waals surface area contributed by atoms with Crippen molar-refractivity contribution < 1.29 is 5.11 Å². The molecule has 0 atom stereocenters. The number of aryl methyl sites for hydroxylation is 1. The van der Waals surface area contributed by atoms with E-state index < -0.39 is 0 Å². The van der Waals surface area contributed by atoms with Gasteiger partial charge >= 0.3 is 0 Å². The van der Waals surface area contributed by atoms with E-state index in [9.17, 15) is 5.11 Å². The highest BCUT2D eigenvalue weighted by atomic mass is 16.3. The third-order valence-electron chi connectivity index (χ3n) is 3.81. The van der Waals surface area contributed by atoms with Gasteiger partial charge in [-0.25, -0.2) is 0 Å². The molecule has 0 unspecified atom stereocenters. The summed E-state index contributed by atoms with van der Waals surface area (Å²) >= 11 is 0. The lowest BCUT2D eigenvalue weighted by atomic mass is 9.69. The van der Waals surface area contributed by atoms with Crippen LogP contribution in [0.1, 0.15) is 36.9 Å². The number of aliphatic hydroxyl groups is 1. The normalized spacial score (nSPS) is 30.3. The number of nitrogens with two attached hydrogens (primary N) is 1. The quantitative estimate of drug-likeness (QED) is 0.794. The van der Waals surface area contributed by atoms with Gasteiger partial charge in [-0.05, 0) is 50.3 Å². The first-order chi connectivity index (χ1) is 7.66. The van der Waals surface area contributed by atoms with Crippen molar-refractivity contribution in [3.05, 3.63) is 29.6 Å². The summed E-state index contributed by atoms with van der Waals surface area (Å²) in [5, 5.41) is 9.59. The molecular weight excluding hydrogens is 200 g/mol.